The van der Waals surface area contributed by atoms with Crippen molar-refractivity contribution in [2.45, 2.75) is 19.6 Å². The summed E-state index contributed by atoms with van der Waals surface area (Å²) < 4.78 is 31.9. The Balaban J connectivity index is 2.19. The average molecular weight is 292 g/mol. The van der Waals surface area contributed by atoms with Crippen LogP contribution in [0.4, 0.5) is 8.78 Å². The van der Waals surface area contributed by atoms with E-state index in [1.54, 1.807) is 24.3 Å². The molecule has 1 unspecified atom stereocenters. The molecule has 0 saturated heterocycles. The van der Waals surface area contributed by atoms with Crippen LogP contribution in [0.25, 0.3) is 0 Å². The van der Waals surface area contributed by atoms with Gasteiger partial charge in [-0.05, 0) is 25.1 Å². The molecule has 0 heterocycles. The lowest BCUT2D eigenvalue weighted by Crippen LogP contribution is -2.25. The van der Waals surface area contributed by atoms with Crippen LogP contribution in [-0.4, -0.2) is 17.0 Å². The highest BCUT2D eigenvalue weighted by atomic mass is 19.1. The van der Waals surface area contributed by atoms with Crippen LogP contribution in [0.2, 0.25) is 0 Å². The summed E-state index contributed by atoms with van der Waals surface area (Å²) in [6, 6.07) is 9.45. The van der Waals surface area contributed by atoms with E-state index in [1.165, 1.54) is 6.92 Å². The third kappa shape index (κ3) is 3.44. The maximum Gasteiger partial charge on any atom is 0.205 e. The average Bonchev–Trinajstić information content (AvgIpc) is 2.47. The predicted octanol–water partition coefficient (Wildman–Crippen LogP) is 3.11. The molecule has 0 spiro atoms. The molecule has 0 aromatic heterocycles. The van der Waals surface area contributed by atoms with Crippen molar-refractivity contribution < 1.29 is 23.4 Å². The highest BCUT2D eigenvalue weighted by Gasteiger charge is 2.21. The first kappa shape index (κ1) is 15.1. The second-order valence-corrected chi connectivity index (χ2v) is 4.51. The summed E-state index contributed by atoms with van der Waals surface area (Å²) in [4.78, 5) is 12.1. The van der Waals surface area contributed by atoms with Crippen molar-refractivity contribution in [3.05, 3.63) is 65.2 Å². The molecule has 1 N–H and O–H groups in total. The summed E-state index contributed by atoms with van der Waals surface area (Å²) in [5.41, 5.74) is 0.294. The number of ether oxygens (including phenoxy) is 1. The van der Waals surface area contributed by atoms with E-state index in [2.05, 4.69) is 0 Å². The first-order valence-electron chi connectivity index (χ1n) is 6.37. The molecule has 0 fully saturated rings. The monoisotopic (exact) mass is 292 g/mol. The Morgan fingerprint density at radius 3 is 2.62 bits per heavy atom. The number of carbonyl (C=O) groups is 1. The number of ketones is 1. The zero-order chi connectivity index (χ0) is 15.4. The van der Waals surface area contributed by atoms with E-state index >= 15 is 0 Å². The van der Waals surface area contributed by atoms with E-state index in [-0.39, 0.29) is 12.2 Å². The molecule has 1 atom stereocenters. The number of halogens is 2. The van der Waals surface area contributed by atoms with Gasteiger partial charge in [0.1, 0.15) is 17.4 Å². The molecule has 0 bridgehead atoms. The Bertz CT molecular complexity index is 656. The first-order valence-corrected chi connectivity index (χ1v) is 6.37. The number of Topliss-reactive ketones (excluding diaryl/α,β-unsaturated/α-hetero) is 1. The molecule has 0 saturated carbocycles. The van der Waals surface area contributed by atoms with Crippen LogP contribution >= 0.6 is 0 Å². The molecular formula is C16H14F2O3. The molecule has 110 valence electrons. The Morgan fingerprint density at radius 1 is 1.24 bits per heavy atom. The van der Waals surface area contributed by atoms with Crippen LogP contribution in [0.1, 0.15) is 22.8 Å². The quantitative estimate of drug-likeness (QED) is 0.861. The van der Waals surface area contributed by atoms with Gasteiger partial charge in [0, 0.05) is 11.6 Å². The Morgan fingerprint density at radius 2 is 1.95 bits per heavy atom. The number of benzene rings is 2. The van der Waals surface area contributed by atoms with Gasteiger partial charge in [-0.25, -0.2) is 8.78 Å². The summed E-state index contributed by atoms with van der Waals surface area (Å²) in [5.74, 6) is -1.92. The van der Waals surface area contributed by atoms with Crippen molar-refractivity contribution in [3.63, 3.8) is 0 Å². The van der Waals surface area contributed by atoms with Gasteiger partial charge in [-0.3, -0.25) is 4.79 Å². The number of carbonyl (C=O) groups excluding carboxylic acids is 1. The molecule has 0 aliphatic carbocycles. The van der Waals surface area contributed by atoms with Gasteiger partial charge in [-0.15, -0.1) is 0 Å². The second-order valence-electron chi connectivity index (χ2n) is 4.51. The molecule has 5 heteroatoms. The zero-order valence-corrected chi connectivity index (χ0v) is 11.3. The normalized spacial score (nSPS) is 12.0. The van der Waals surface area contributed by atoms with Crippen molar-refractivity contribution in [2.24, 2.45) is 0 Å². The van der Waals surface area contributed by atoms with Crippen molar-refractivity contribution in [3.8, 4) is 5.75 Å². The summed E-state index contributed by atoms with van der Waals surface area (Å²) >= 11 is 0. The number of hydrogen-bond donors (Lipinski definition) is 1. The maximum atomic E-state index is 13.6. The molecule has 0 amide bonds. The third-order valence-electron chi connectivity index (χ3n) is 3.01. The fraction of sp³-hybridized carbons (Fsp3) is 0.188. The number of aliphatic hydroxyl groups excluding tert-OH is 1. The van der Waals surface area contributed by atoms with Crippen LogP contribution in [0.15, 0.2) is 42.5 Å². The van der Waals surface area contributed by atoms with Crippen LogP contribution in [0, 0.1) is 11.6 Å². The van der Waals surface area contributed by atoms with Gasteiger partial charge in [-0.2, -0.15) is 0 Å². The summed E-state index contributed by atoms with van der Waals surface area (Å²) in [6.45, 7) is 1.24. The van der Waals surface area contributed by atoms with Crippen LogP contribution < -0.4 is 4.74 Å². The topological polar surface area (TPSA) is 46.5 Å². The minimum atomic E-state index is -0.960. The van der Waals surface area contributed by atoms with Crippen molar-refractivity contribution in [2.75, 3.05) is 0 Å². The standard InChI is InChI=1S/C16H14F2O3/c1-10(21-15-5-3-2-4-11(15)9-19)16(20)13-7-6-12(17)8-14(13)18/h2-8,10,19H,9H2,1H3. The fourth-order valence-corrected chi connectivity index (χ4v) is 1.90. The largest absolute Gasteiger partial charge is 0.482 e. The van der Waals surface area contributed by atoms with E-state index in [1.807, 2.05) is 0 Å². The molecule has 2 aromatic rings. The van der Waals surface area contributed by atoms with Gasteiger partial charge in [0.05, 0.1) is 12.2 Å². The number of aliphatic hydroxyl groups is 1. The smallest absolute Gasteiger partial charge is 0.205 e. The van der Waals surface area contributed by atoms with E-state index in [4.69, 9.17) is 4.74 Å². The summed E-state index contributed by atoms with van der Waals surface area (Å²) in [7, 11) is 0. The van der Waals surface area contributed by atoms with Gasteiger partial charge < -0.3 is 9.84 Å². The predicted molar refractivity (Wildman–Crippen MR) is 73.1 cm³/mol. The zero-order valence-electron chi connectivity index (χ0n) is 11.3. The Hall–Kier alpha value is -2.27. The molecule has 0 aliphatic heterocycles. The van der Waals surface area contributed by atoms with E-state index < -0.39 is 23.5 Å². The minimum Gasteiger partial charge on any atom is -0.482 e. The number of hydrogen-bond acceptors (Lipinski definition) is 3. The van der Waals surface area contributed by atoms with Crippen LogP contribution in [0.5, 0.6) is 5.75 Å². The number of para-hydroxylation sites is 1. The lowest BCUT2D eigenvalue weighted by Gasteiger charge is -2.16. The van der Waals surface area contributed by atoms with Crippen molar-refractivity contribution >= 4 is 5.78 Å². The summed E-state index contributed by atoms with van der Waals surface area (Å²) in [5, 5.41) is 9.20. The number of rotatable bonds is 5. The molecular weight excluding hydrogens is 278 g/mol. The molecule has 2 rings (SSSR count). The van der Waals surface area contributed by atoms with Gasteiger partial charge in [0.2, 0.25) is 5.78 Å². The SMILES string of the molecule is CC(Oc1ccccc1CO)C(=O)c1ccc(F)cc1F. The molecule has 21 heavy (non-hydrogen) atoms. The van der Waals surface area contributed by atoms with E-state index in [0.717, 1.165) is 12.1 Å². The lowest BCUT2D eigenvalue weighted by atomic mass is 10.1. The third-order valence-corrected chi connectivity index (χ3v) is 3.01. The highest BCUT2D eigenvalue weighted by Crippen LogP contribution is 2.21. The minimum absolute atomic E-state index is 0.231. The van der Waals surface area contributed by atoms with Gasteiger partial charge in [0.15, 0.2) is 6.10 Å². The Labute approximate surface area is 120 Å². The lowest BCUT2D eigenvalue weighted by molar-refractivity contribution is 0.0809. The van der Waals surface area contributed by atoms with Crippen molar-refractivity contribution in [1.29, 1.82) is 0 Å². The van der Waals surface area contributed by atoms with E-state index in [9.17, 15) is 18.7 Å². The summed E-state index contributed by atoms with van der Waals surface area (Å²) in [6.07, 6.45) is -0.960. The highest BCUT2D eigenvalue weighted by molar-refractivity contribution is 5.99. The molecule has 3 nitrogen and oxygen atoms in total. The van der Waals surface area contributed by atoms with Gasteiger partial charge in [0.25, 0.3) is 0 Å². The first-order chi connectivity index (χ1) is 10.0. The fourth-order valence-electron chi connectivity index (χ4n) is 1.90. The maximum absolute atomic E-state index is 13.6. The molecule has 0 aliphatic rings. The van der Waals surface area contributed by atoms with Gasteiger partial charge >= 0.3 is 0 Å². The second kappa shape index (κ2) is 6.45. The molecule has 0 radical (unpaired) electrons. The van der Waals surface area contributed by atoms with Gasteiger partial charge in [-0.1, -0.05) is 18.2 Å². The molecule has 2 aromatic carbocycles. The van der Waals surface area contributed by atoms with E-state index in [0.29, 0.717) is 17.4 Å². The van der Waals surface area contributed by atoms with Crippen LogP contribution in [-0.2, 0) is 6.61 Å². The Kier molecular flexibility index (Phi) is 4.65. The van der Waals surface area contributed by atoms with Crippen LogP contribution in [0.3, 0.4) is 0 Å². The van der Waals surface area contributed by atoms with Crippen molar-refractivity contribution in [1.82, 2.24) is 0 Å².